The van der Waals surface area contributed by atoms with Crippen LogP contribution in [0.15, 0.2) is 24.3 Å². The number of nitrogens with one attached hydrogen (secondary N) is 3. The smallest absolute Gasteiger partial charge is 0.230 e. The number of aliphatic carboxylic acids is 1. The molecule has 7 nitrogen and oxygen atoms in total. The average molecular weight is 322 g/mol. The summed E-state index contributed by atoms with van der Waals surface area (Å²) in [4.78, 5) is 25.9. The van der Waals surface area contributed by atoms with E-state index < -0.39 is 12.0 Å². The fourth-order valence-corrected chi connectivity index (χ4v) is 2.81. The summed E-state index contributed by atoms with van der Waals surface area (Å²) >= 11 is 0. The lowest BCUT2D eigenvalue weighted by molar-refractivity contribution is -1.01. The molecule has 1 heterocycles. The van der Waals surface area contributed by atoms with Crippen LogP contribution in [0.4, 0.5) is 5.69 Å². The summed E-state index contributed by atoms with van der Waals surface area (Å²) in [7, 11) is 3.65. The quantitative estimate of drug-likeness (QED) is 0.508. The Kier molecular flexibility index (Phi) is 5.95. The van der Waals surface area contributed by atoms with Gasteiger partial charge in [-0.3, -0.25) is 4.79 Å². The topological polar surface area (TPSA) is 87.3 Å². The van der Waals surface area contributed by atoms with Crippen LogP contribution < -0.4 is 25.0 Å². The second kappa shape index (κ2) is 7.94. The third-order valence-corrected chi connectivity index (χ3v) is 4.29. The van der Waals surface area contributed by atoms with Crippen molar-refractivity contribution in [2.75, 3.05) is 45.7 Å². The van der Waals surface area contributed by atoms with Gasteiger partial charge in [0.25, 0.3) is 0 Å². The molecule has 1 aliphatic heterocycles. The van der Waals surface area contributed by atoms with E-state index >= 15 is 0 Å². The molecule has 1 amide bonds. The van der Waals surface area contributed by atoms with Crippen LogP contribution in [0.25, 0.3) is 0 Å². The van der Waals surface area contributed by atoms with Crippen LogP contribution in [-0.4, -0.2) is 58.3 Å². The van der Waals surface area contributed by atoms with Crippen LogP contribution in [-0.2, 0) is 9.59 Å². The van der Waals surface area contributed by atoms with Crippen molar-refractivity contribution < 1.29 is 29.2 Å². The molecule has 0 spiro atoms. The van der Waals surface area contributed by atoms with E-state index in [0.717, 1.165) is 31.1 Å². The molecular weight excluding hydrogens is 298 g/mol. The number of ether oxygens (including phenoxy) is 1. The number of amides is 1. The van der Waals surface area contributed by atoms with Crippen LogP contribution >= 0.6 is 0 Å². The summed E-state index contributed by atoms with van der Waals surface area (Å²) in [6.07, 6.45) is -0.0806. The SMILES string of the molecule is COc1ccc(NC(=O)C[C@H](C(=O)[O-])[NH+]2CC[NH+](C)CC2)cc1. The lowest BCUT2D eigenvalue weighted by Crippen LogP contribution is -3.29. The monoisotopic (exact) mass is 322 g/mol. The van der Waals surface area contributed by atoms with Gasteiger partial charge in [0.1, 0.15) is 38.0 Å². The molecule has 1 fully saturated rings. The highest BCUT2D eigenvalue weighted by atomic mass is 16.5. The van der Waals surface area contributed by atoms with Crippen molar-refractivity contribution in [2.24, 2.45) is 0 Å². The number of rotatable bonds is 6. The molecule has 0 bridgehead atoms. The predicted octanol–water partition coefficient (Wildman–Crippen LogP) is -3.44. The minimum atomic E-state index is -1.16. The Balaban J connectivity index is 1.93. The third-order valence-electron chi connectivity index (χ3n) is 4.29. The number of benzene rings is 1. The van der Waals surface area contributed by atoms with Crippen LogP contribution in [0.5, 0.6) is 5.75 Å². The van der Waals surface area contributed by atoms with Gasteiger partial charge in [-0.15, -0.1) is 0 Å². The number of hydrogen-bond acceptors (Lipinski definition) is 4. The average Bonchev–Trinajstić information content (AvgIpc) is 2.54. The van der Waals surface area contributed by atoms with Gasteiger partial charge in [-0.25, -0.2) is 0 Å². The van der Waals surface area contributed by atoms with Crippen molar-refractivity contribution in [2.45, 2.75) is 12.5 Å². The lowest BCUT2D eigenvalue weighted by Gasteiger charge is -2.33. The first-order chi connectivity index (χ1) is 11.0. The Morgan fingerprint density at radius 1 is 1.22 bits per heavy atom. The third kappa shape index (κ3) is 4.94. The lowest BCUT2D eigenvalue weighted by atomic mass is 10.1. The fraction of sp³-hybridized carbons (Fsp3) is 0.500. The van der Waals surface area contributed by atoms with Gasteiger partial charge in [0.15, 0.2) is 0 Å². The van der Waals surface area contributed by atoms with Crippen LogP contribution in [0, 0.1) is 0 Å². The summed E-state index contributed by atoms with van der Waals surface area (Å²) in [5.41, 5.74) is 0.616. The molecule has 1 aliphatic rings. The maximum atomic E-state index is 12.1. The summed E-state index contributed by atoms with van der Waals surface area (Å²) in [5.74, 6) is -0.785. The van der Waals surface area contributed by atoms with E-state index in [1.54, 1.807) is 31.4 Å². The van der Waals surface area contributed by atoms with Gasteiger partial charge >= 0.3 is 0 Å². The van der Waals surface area contributed by atoms with Gasteiger partial charge in [-0.1, -0.05) is 0 Å². The second-order valence-corrected chi connectivity index (χ2v) is 5.97. The van der Waals surface area contributed by atoms with Crippen LogP contribution in [0.3, 0.4) is 0 Å². The predicted molar refractivity (Wildman–Crippen MR) is 82.4 cm³/mol. The molecule has 0 unspecified atom stereocenters. The summed E-state index contributed by atoms with van der Waals surface area (Å²) in [5, 5.41) is 14.1. The fourth-order valence-electron chi connectivity index (χ4n) is 2.81. The van der Waals surface area contributed by atoms with Gasteiger partial charge < -0.3 is 29.8 Å². The molecular formula is C16H24N3O4+. The van der Waals surface area contributed by atoms with Crippen molar-refractivity contribution in [1.82, 2.24) is 0 Å². The Bertz CT molecular complexity index is 539. The van der Waals surface area contributed by atoms with E-state index in [-0.39, 0.29) is 12.3 Å². The Morgan fingerprint density at radius 3 is 2.35 bits per heavy atom. The highest BCUT2D eigenvalue weighted by molar-refractivity contribution is 5.93. The maximum absolute atomic E-state index is 12.1. The zero-order chi connectivity index (χ0) is 16.8. The summed E-state index contributed by atoms with van der Waals surface area (Å²) in [6, 6.07) is 6.11. The highest BCUT2D eigenvalue weighted by Crippen LogP contribution is 2.15. The van der Waals surface area contributed by atoms with Gasteiger partial charge in [-0.05, 0) is 24.3 Å². The molecule has 7 heteroatoms. The minimum Gasteiger partial charge on any atom is -0.544 e. The van der Waals surface area contributed by atoms with Crippen molar-refractivity contribution in [3.63, 3.8) is 0 Å². The summed E-state index contributed by atoms with van der Waals surface area (Å²) < 4.78 is 5.05. The Morgan fingerprint density at radius 2 is 1.83 bits per heavy atom. The van der Waals surface area contributed by atoms with E-state index in [1.165, 1.54) is 4.90 Å². The molecule has 1 aromatic rings. The molecule has 0 aromatic heterocycles. The van der Waals surface area contributed by atoms with Crippen molar-refractivity contribution in [3.8, 4) is 5.75 Å². The van der Waals surface area contributed by atoms with Gasteiger partial charge in [0.2, 0.25) is 5.91 Å². The Labute approximate surface area is 135 Å². The van der Waals surface area contributed by atoms with E-state index in [4.69, 9.17) is 4.74 Å². The van der Waals surface area contributed by atoms with Crippen LogP contribution in [0.1, 0.15) is 6.42 Å². The molecule has 3 N–H and O–H groups in total. The maximum Gasteiger partial charge on any atom is 0.230 e. The molecule has 23 heavy (non-hydrogen) atoms. The van der Waals surface area contributed by atoms with E-state index in [0.29, 0.717) is 11.4 Å². The number of hydrogen-bond donors (Lipinski definition) is 3. The molecule has 1 atom stereocenters. The molecule has 0 saturated carbocycles. The first-order valence-electron chi connectivity index (χ1n) is 7.80. The van der Waals surface area contributed by atoms with Gasteiger partial charge in [-0.2, -0.15) is 0 Å². The number of anilines is 1. The number of piperazine rings is 1. The molecule has 126 valence electrons. The first kappa shape index (κ1) is 17.2. The Hall–Kier alpha value is -2.12. The van der Waals surface area contributed by atoms with Crippen molar-refractivity contribution in [1.29, 1.82) is 0 Å². The number of quaternary nitrogens is 2. The largest absolute Gasteiger partial charge is 0.544 e. The standard InChI is InChI=1S/C16H23N3O4/c1-18-7-9-19(10-8-18)14(16(21)22)11-15(20)17-12-3-5-13(23-2)6-4-12/h3-6,14H,7-11H2,1-2H3,(H,17,20)(H,21,22)/p+1/t14-/m1/s1. The summed E-state index contributed by atoms with van der Waals surface area (Å²) in [6.45, 7) is 3.28. The highest BCUT2D eigenvalue weighted by Gasteiger charge is 2.30. The number of carboxylic acid groups (broad SMARTS) is 1. The van der Waals surface area contributed by atoms with Gasteiger partial charge in [0, 0.05) is 5.69 Å². The van der Waals surface area contributed by atoms with Crippen molar-refractivity contribution in [3.05, 3.63) is 24.3 Å². The number of carbonyl (C=O) groups is 2. The number of carbonyl (C=O) groups excluding carboxylic acids is 2. The van der Waals surface area contributed by atoms with Gasteiger partial charge in [0.05, 0.1) is 26.5 Å². The number of likely N-dealkylation sites (N-methyl/N-ethyl adjacent to an activating group) is 1. The molecule has 1 aromatic carbocycles. The zero-order valence-corrected chi connectivity index (χ0v) is 13.6. The number of methoxy groups -OCH3 is 1. The molecule has 1 saturated heterocycles. The van der Waals surface area contributed by atoms with Crippen molar-refractivity contribution >= 4 is 17.6 Å². The van der Waals surface area contributed by atoms with E-state index in [1.807, 2.05) is 0 Å². The second-order valence-electron chi connectivity index (χ2n) is 5.97. The minimum absolute atomic E-state index is 0.0806. The zero-order valence-electron chi connectivity index (χ0n) is 13.6. The van der Waals surface area contributed by atoms with E-state index in [9.17, 15) is 14.7 Å². The van der Waals surface area contributed by atoms with Crippen LogP contribution in [0.2, 0.25) is 0 Å². The number of carboxylic acids is 1. The first-order valence-corrected chi connectivity index (χ1v) is 7.80. The molecule has 2 rings (SSSR count). The van der Waals surface area contributed by atoms with E-state index in [2.05, 4.69) is 12.4 Å². The molecule has 0 aliphatic carbocycles. The molecule has 0 radical (unpaired) electrons. The normalized spacial score (nSPS) is 22.2.